The van der Waals surface area contributed by atoms with E-state index >= 15 is 0 Å². The largest absolute Gasteiger partial charge is 0.352 e. The maximum absolute atomic E-state index is 12.8. The molecule has 1 amide bonds. The summed E-state index contributed by atoms with van der Waals surface area (Å²) in [5.41, 5.74) is 3.34. The van der Waals surface area contributed by atoms with Crippen molar-refractivity contribution in [2.45, 2.75) is 20.3 Å². The van der Waals surface area contributed by atoms with Gasteiger partial charge in [0.15, 0.2) is 0 Å². The van der Waals surface area contributed by atoms with Crippen LogP contribution in [-0.4, -0.2) is 27.2 Å². The molecule has 0 bridgehead atoms. The van der Waals surface area contributed by atoms with E-state index in [4.69, 9.17) is 0 Å². The van der Waals surface area contributed by atoms with Gasteiger partial charge in [0.2, 0.25) is 5.13 Å². The van der Waals surface area contributed by atoms with Crippen molar-refractivity contribution in [3.05, 3.63) is 64.2 Å². The summed E-state index contributed by atoms with van der Waals surface area (Å²) in [5.74, 6) is -0.574. The van der Waals surface area contributed by atoms with Crippen LogP contribution in [0.1, 0.15) is 27.4 Å². The Morgan fingerprint density at radius 2 is 2.04 bits per heavy atom. The van der Waals surface area contributed by atoms with Crippen molar-refractivity contribution in [2.75, 3.05) is 6.54 Å². The average Bonchev–Trinajstić information content (AvgIpc) is 3.14. The van der Waals surface area contributed by atoms with Gasteiger partial charge in [-0.2, -0.15) is 5.10 Å². The van der Waals surface area contributed by atoms with Gasteiger partial charge in [-0.25, -0.2) is 14.1 Å². The van der Waals surface area contributed by atoms with Gasteiger partial charge in [0.05, 0.1) is 11.4 Å². The molecular formula is C17H17FN4OS. The molecule has 2 heterocycles. The van der Waals surface area contributed by atoms with E-state index in [1.807, 2.05) is 30.0 Å². The number of halogens is 1. The van der Waals surface area contributed by atoms with E-state index in [9.17, 15) is 9.18 Å². The number of nitrogens with one attached hydrogen (secondary N) is 1. The summed E-state index contributed by atoms with van der Waals surface area (Å²) in [4.78, 5) is 16.5. The van der Waals surface area contributed by atoms with Crippen molar-refractivity contribution in [2.24, 2.45) is 0 Å². The number of hydrogen-bond acceptors (Lipinski definition) is 4. The molecule has 5 nitrogen and oxygen atoms in total. The highest BCUT2D eigenvalue weighted by molar-refractivity contribution is 7.12. The zero-order valence-corrected chi connectivity index (χ0v) is 14.2. The Labute approximate surface area is 143 Å². The summed E-state index contributed by atoms with van der Waals surface area (Å²) >= 11 is 1.52. The predicted octanol–water partition coefficient (Wildman–Crippen LogP) is 3.06. The van der Waals surface area contributed by atoms with Crippen LogP contribution in [0.4, 0.5) is 4.39 Å². The number of rotatable bonds is 5. The van der Waals surface area contributed by atoms with Crippen molar-refractivity contribution in [1.82, 2.24) is 20.1 Å². The van der Waals surface area contributed by atoms with Gasteiger partial charge in [0.1, 0.15) is 5.82 Å². The molecule has 2 aromatic heterocycles. The number of nitrogens with zero attached hydrogens (tertiary/aromatic N) is 3. The Hall–Kier alpha value is -2.54. The average molecular weight is 344 g/mol. The SMILES string of the molecule is Cc1cc(C)n(-c2nc(CCNC(=O)c3ccc(F)cc3)cs2)n1. The fourth-order valence-corrected chi connectivity index (χ4v) is 3.20. The molecule has 0 fully saturated rings. The quantitative estimate of drug-likeness (QED) is 0.774. The summed E-state index contributed by atoms with van der Waals surface area (Å²) in [6.07, 6.45) is 0.628. The van der Waals surface area contributed by atoms with Crippen molar-refractivity contribution in [1.29, 1.82) is 0 Å². The molecule has 0 aliphatic heterocycles. The number of carbonyl (C=O) groups excluding carboxylic acids is 1. The Kier molecular flexibility index (Phi) is 4.71. The van der Waals surface area contributed by atoms with Gasteiger partial charge in [-0.05, 0) is 44.2 Å². The van der Waals surface area contributed by atoms with Crippen LogP contribution in [0.3, 0.4) is 0 Å². The summed E-state index contributed by atoms with van der Waals surface area (Å²) in [6, 6.07) is 7.49. The van der Waals surface area contributed by atoms with Crippen LogP contribution in [0, 0.1) is 19.7 Å². The van der Waals surface area contributed by atoms with E-state index < -0.39 is 0 Å². The van der Waals surface area contributed by atoms with Crippen LogP contribution >= 0.6 is 11.3 Å². The molecule has 1 aromatic carbocycles. The second kappa shape index (κ2) is 6.92. The lowest BCUT2D eigenvalue weighted by atomic mass is 10.2. The zero-order chi connectivity index (χ0) is 17.1. The lowest BCUT2D eigenvalue weighted by molar-refractivity contribution is 0.0954. The van der Waals surface area contributed by atoms with Crippen molar-refractivity contribution in [3.8, 4) is 5.13 Å². The third kappa shape index (κ3) is 3.68. The van der Waals surface area contributed by atoms with Crippen LogP contribution in [0.25, 0.3) is 5.13 Å². The standard InChI is InChI=1S/C17H17FN4OS/c1-11-9-12(2)22(21-11)17-20-15(10-24-17)7-8-19-16(23)13-3-5-14(18)6-4-13/h3-6,9-10H,7-8H2,1-2H3,(H,19,23). The highest BCUT2D eigenvalue weighted by Gasteiger charge is 2.09. The molecule has 3 rings (SSSR count). The first-order valence-electron chi connectivity index (χ1n) is 7.55. The zero-order valence-electron chi connectivity index (χ0n) is 13.4. The van der Waals surface area contributed by atoms with Crippen molar-refractivity contribution >= 4 is 17.2 Å². The number of hydrogen-bond donors (Lipinski definition) is 1. The molecule has 24 heavy (non-hydrogen) atoms. The number of benzene rings is 1. The first-order chi connectivity index (χ1) is 11.5. The molecule has 0 radical (unpaired) electrons. The van der Waals surface area contributed by atoms with Crippen LogP contribution < -0.4 is 5.32 Å². The molecular weight excluding hydrogens is 327 g/mol. The van der Waals surface area contributed by atoms with E-state index in [1.165, 1.54) is 35.6 Å². The Bertz CT molecular complexity index is 854. The first-order valence-corrected chi connectivity index (χ1v) is 8.43. The second-order valence-electron chi connectivity index (χ2n) is 5.47. The second-order valence-corrected chi connectivity index (χ2v) is 6.31. The van der Waals surface area contributed by atoms with Gasteiger partial charge in [0.25, 0.3) is 5.91 Å². The summed E-state index contributed by atoms with van der Waals surface area (Å²) < 4.78 is 14.7. The van der Waals surface area contributed by atoms with Gasteiger partial charge in [-0.1, -0.05) is 0 Å². The molecule has 0 aliphatic carbocycles. The maximum atomic E-state index is 12.8. The van der Waals surface area contributed by atoms with Gasteiger partial charge in [-0.15, -0.1) is 11.3 Å². The van der Waals surface area contributed by atoms with Crippen LogP contribution in [0.2, 0.25) is 0 Å². The third-order valence-corrected chi connectivity index (χ3v) is 4.37. The smallest absolute Gasteiger partial charge is 0.251 e. The number of aryl methyl sites for hydroxylation is 2. The maximum Gasteiger partial charge on any atom is 0.251 e. The topological polar surface area (TPSA) is 59.8 Å². The minimum atomic E-state index is -0.356. The molecule has 0 unspecified atom stereocenters. The predicted molar refractivity (Wildman–Crippen MR) is 91.1 cm³/mol. The van der Waals surface area contributed by atoms with Crippen LogP contribution in [-0.2, 0) is 6.42 Å². The third-order valence-electron chi connectivity index (χ3n) is 3.50. The Morgan fingerprint density at radius 3 is 2.71 bits per heavy atom. The fraction of sp³-hybridized carbons (Fsp3) is 0.235. The fourth-order valence-electron chi connectivity index (χ4n) is 2.34. The molecule has 7 heteroatoms. The number of amides is 1. The molecule has 0 saturated heterocycles. The number of carbonyl (C=O) groups is 1. The number of thiazole rings is 1. The summed E-state index contributed by atoms with van der Waals surface area (Å²) in [5, 5.41) is 10.0. The van der Waals surface area contributed by atoms with Gasteiger partial charge >= 0.3 is 0 Å². The minimum absolute atomic E-state index is 0.219. The van der Waals surface area contributed by atoms with E-state index in [2.05, 4.69) is 15.4 Å². The van der Waals surface area contributed by atoms with Gasteiger partial charge in [0, 0.05) is 29.6 Å². The van der Waals surface area contributed by atoms with Gasteiger partial charge in [-0.3, -0.25) is 4.79 Å². The molecule has 0 spiro atoms. The Balaban J connectivity index is 1.57. The van der Waals surface area contributed by atoms with E-state index in [0.717, 1.165) is 22.2 Å². The monoisotopic (exact) mass is 344 g/mol. The van der Waals surface area contributed by atoms with Gasteiger partial charge < -0.3 is 5.32 Å². The molecule has 0 aliphatic rings. The van der Waals surface area contributed by atoms with E-state index in [-0.39, 0.29) is 11.7 Å². The van der Waals surface area contributed by atoms with Crippen molar-refractivity contribution < 1.29 is 9.18 Å². The first kappa shape index (κ1) is 16.3. The molecule has 0 saturated carbocycles. The van der Waals surface area contributed by atoms with Crippen molar-refractivity contribution in [3.63, 3.8) is 0 Å². The number of aromatic nitrogens is 3. The minimum Gasteiger partial charge on any atom is -0.352 e. The molecule has 0 atom stereocenters. The molecule has 1 N–H and O–H groups in total. The summed E-state index contributed by atoms with van der Waals surface area (Å²) in [6.45, 7) is 4.41. The Morgan fingerprint density at radius 1 is 1.29 bits per heavy atom. The lowest BCUT2D eigenvalue weighted by Gasteiger charge is -2.04. The van der Waals surface area contributed by atoms with E-state index in [1.54, 1.807) is 0 Å². The normalized spacial score (nSPS) is 10.8. The molecule has 3 aromatic rings. The summed E-state index contributed by atoms with van der Waals surface area (Å²) in [7, 11) is 0. The molecule has 124 valence electrons. The highest BCUT2D eigenvalue weighted by atomic mass is 32.1. The van der Waals surface area contributed by atoms with E-state index in [0.29, 0.717) is 18.5 Å². The van der Waals surface area contributed by atoms with Crippen LogP contribution in [0.15, 0.2) is 35.7 Å². The lowest BCUT2D eigenvalue weighted by Crippen LogP contribution is -2.25. The van der Waals surface area contributed by atoms with Crippen LogP contribution in [0.5, 0.6) is 0 Å². The highest BCUT2D eigenvalue weighted by Crippen LogP contribution is 2.17.